The highest BCUT2D eigenvalue weighted by molar-refractivity contribution is 5.94. The number of rotatable bonds is 5. The summed E-state index contributed by atoms with van der Waals surface area (Å²) in [5.41, 5.74) is 4.44. The summed E-state index contributed by atoms with van der Waals surface area (Å²) in [6, 6.07) is 7.77. The second-order valence-electron chi connectivity index (χ2n) is 4.23. The molecule has 0 aliphatic rings. The van der Waals surface area contributed by atoms with Crippen molar-refractivity contribution in [2.45, 2.75) is 27.2 Å². The van der Waals surface area contributed by atoms with Crippen LogP contribution in [0.4, 0.5) is 0 Å². The zero-order valence-corrected chi connectivity index (χ0v) is 11.4. The average molecular weight is 240 g/mol. The minimum Gasteiger partial charge on any atom is -0.295 e. The molecule has 0 amide bonds. The van der Waals surface area contributed by atoms with Crippen LogP contribution in [-0.4, -0.2) is 5.78 Å². The lowest BCUT2D eigenvalue weighted by molar-refractivity contribution is 0.101. The van der Waals surface area contributed by atoms with E-state index in [1.54, 1.807) is 13.0 Å². The van der Waals surface area contributed by atoms with Crippen LogP contribution in [0.1, 0.15) is 43.1 Å². The molecule has 0 radical (unpaired) electrons. The van der Waals surface area contributed by atoms with Gasteiger partial charge in [-0.3, -0.25) is 4.79 Å². The molecule has 1 heteroatoms. The molecule has 0 atom stereocenters. The highest BCUT2D eigenvalue weighted by Gasteiger charge is 2.03. The first-order valence-corrected chi connectivity index (χ1v) is 6.20. The largest absolute Gasteiger partial charge is 0.295 e. The van der Waals surface area contributed by atoms with Crippen molar-refractivity contribution in [3.63, 3.8) is 0 Å². The second-order valence-corrected chi connectivity index (χ2v) is 4.23. The molecular weight excluding hydrogens is 220 g/mol. The molecule has 1 aromatic rings. The SMILES string of the molecule is C=C/C=C\C(CC)=C(/C)c1ccc(C(C)=O)cc1. The van der Waals surface area contributed by atoms with Gasteiger partial charge in [-0.05, 0) is 37.0 Å². The van der Waals surface area contributed by atoms with E-state index in [2.05, 4.69) is 26.5 Å². The molecule has 0 N–H and O–H groups in total. The summed E-state index contributed by atoms with van der Waals surface area (Å²) in [7, 11) is 0. The standard InChI is InChI=1S/C17H20O/c1-5-7-8-15(6-2)13(3)16-9-11-17(12-10-16)14(4)18/h5,7-12H,1,6H2,2-4H3/b8-7-,15-13+. The van der Waals surface area contributed by atoms with Gasteiger partial charge in [0.1, 0.15) is 0 Å². The van der Waals surface area contributed by atoms with Crippen LogP contribution in [0.2, 0.25) is 0 Å². The maximum absolute atomic E-state index is 11.2. The van der Waals surface area contributed by atoms with Crippen molar-refractivity contribution in [2.24, 2.45) is 0 Å². The van der Waals surface area contributed by atoms with E-state index in [1.165, 1.54) is 11.1 Å². The van der Waals surface area contributed by atoms with Gasteiger partial charge in [-0.15, -0.1) is 0 Å². The Labute approximate surface area is 110 Å². The Morgan fingerprint density at radius 1 is 1.17 bits per heavy atom. The monoisotopic (exact) mass is 240 g/mol. The molecule has 0 unspecified atom stereocenters. The lowest BCUT2D eigenvalue weighted by atomic mass is 9.98. The molecule has 1 nitrogen and oxygen atoms in total. The summed E-state index contributed by atoms with van der Waals surface area (Å²) in [5.74, 6) is 0.102. The summed E-state index contributed by atoms with van der Waals surface area (Å²) in [6.45, 7) is 9.51. The lowest BCUT2D eigenvalue weighted by Crippen LogP contribution is -1.92. The third-order valence-corrected chi connectivity index (χ3v) is 3.02. The zero-order chi connectivity index (χ0) is 13.5. The summed E-state index contributed by atoms with van der Waals surface area (Å²) in [4.78, 5) is 11.2. The van der Waals surface area contributed by atoms with Gasteiger partial charge in [0.15, 0.2) is 5.78 Å². The fourth-order valence-electron chi connectivity index (χ4n) is 1.83. The summed E-state index contributed by atoms with van der Waals surface area (Å²) in [6.07, 6.45) is 6.79. The summed E-state index contributed by atoms with van der Waals surface area (Å²) >= 11 is 0. The van der Waals surface area contributed by atoms with E-state index >= 15 is 0 Å². The fraction of sp³-hybridized carbons (Fsp3) is 0.235. The van der Waals surface area contributed by atoms with Gasteiger partial charge in [0.2, 0.25) is 0 Å². The third kappa shape index (κ3) is 3.56. The van der Waals surface area contributed by atoms with Crippen molar-refractivity contribution in [3.05, 3.63) is 65.8 Å². The van der Waals surface area contributed by atoms with Crippen molar-refractivity contribution in [3.8, 4) is 0 Å². The number of allylic oxidation sites excluding steroid dienone is 5. The van der Waals surface area contributed by atoms with E-state index in [0.717, 1.165) is 17.5 Å². The Morgan fingerprint density at radius 3 is 2.17 bits per heavy atom. The molecule has 0 saturated heterocycles. The van der Waals surface area contributed by atoms with Crippen molar-refractivity contribution >= 4 is 11.4 Å². The van der Waals surface area contributed by atoms with Crippen LogP contribution in [0.5, 0.6) is 0 Å². The Hall–Kier alpha value is -1.89. The third-order valence-electron chi connectivity index (χ3n) is 3.02. The zero-order valence-electron chi connectivity index (χ0n) is 11.4. The van der Waals surface area contributed by atoms with Crippen LogP contribution in [0.15, 0.2) is 54.6 Å². The van der Waals surface area contributed by atoms with Gasteiger partial charge in [0.05, 0.1) is 0 Å². The van der Waals surface area contributed by atoms with Crippen molar-refractivity contribution < 1.29 is 4.79 Å². The quantitative estimate of drug-likeness (QED) is 0.533. The molecule has 0 bridgehead atoms. The number of ketones is 1. The maximum Gasteiger partial charge on any atom is 0.159 e. The van der Waals surface area contributed by atoms with Gasteiger partial charge in [-0.2, -0.15) is 0 Å². The van der Waals surface area contributed by atoms with Crippen LogP contribution < -0.4 is 0 Å². The second kappa shape index (κ2) is 6.75. The number of carbonyl (C=O) groups is 1. The molecule has 0 aromatic heterocycles. The van der Waals surface area contributed by atoms with Gasteiger partial charge >= 0.3 is 0 Å². The normalized spacial score (nSPS) is 12.4. The average Bonchev–Trinajstić information content (AvgIpc) is 2.39. The van der Waals surface area contributed by atoms with Gasteiger partial charge < -0.3 is 0 Å². The molecule has 18 heavy (non-hydrogen) atoms. The first-order chi connectivity index (χ1) is 8.60. The van der Waals surface area contributed by atoms with E-state index in [4.69, 9.17) is 0 Å². The predicted octanol–water partition coefficient (Wildman–Crippen LogP) is 4.81. The fourth-order valence-corrected chi connectivity index (χ4v) is 1.83. The first-order valence-electron chi connectivity index (χ1n) is 6.20. The number of hydrogen-bond donors (Lipinski definition) is 0. The Morgan fingerprint density at radius 2 is 1.72 bits per heavy atom. The van der Waals surface area contributed by atoms with Crippen LogP contribution in [0.3, 0.4) is 0 Å². The van der Waals surface area contributed by atoms with Crippen LogP contribution in [0, 0.1) is 0 Å². The van der Waals surface area contributed by atoms with Gasteiger partial charge in [-0.25, -0.2) is 0 Å². The minimum atomic E-state index is 0.102. The van der Waals surface area contributed by atoms with Crippen LogP contribution in [-0.2, 0) is 0 Å². The number of Topliss-reactive ketones (excluding diaryl/α,β-unsaturated/α-hetero) is 1. The predicted molar refractivity (Wildman–Crippen MR) is 78.7 cm³/mol. The number of carbonyl (C=O) groups excluding carboxylic acids is 1. The highest BCUT2D eigenvalue weighted by atomic mass is 16.1. The Kier molecular flexibility index (Phi) is 5.31. The van der Waals surface area contributed by atoms with Crippen LogP contribution in [0.25, 0.3) is 5.57 Å². The molecule has 0 aliphatic heterocycles. The van der Waals surface area contributed by atoms with Crippen LogP contribution >= 0.6 is 0 Å². The van der Waals surface area contributed by atoms with Gasteiger partial charge in [-0.1, -0.05) is 56.0 Å². The van der Waals surface area contributed by atoms with Crippen molar-refractivity contribution in [1.29, 1.82) is 0 Å². The minimum absolute atomic E-state index is 0.102. The molecule has 1 rings (SSSR count). The van der Waals surface area contributed by atoms with E-state index in [9.17, 15) is 4.79 Å². The molecule has 0 spiro atoms. The van der Waals surface area contributed by atoms with Gasteiger partial charge in [0, 0.05) is 5.56 Å². The topological polar surface area (TPSA) is 17.1 Å². The highest BCUT2D eigenvalue weighted by Crippen LogP contribution is 2.22. The molecule has 1 aromatic carbocycles. The molecule has 0 fully saturated rings. The smallest absolute Gasteiger partial charge is 0.159 e. The van der Waals surface area contributed by atoms with E-state index in [0.29, 0.717) is 0 Å². The number of benzene rings is 1. The molecule has 0 aliphatic carbocycles. The molecule has 94 valence electrons. The number of hydrogen-bond acceptors (Lipinski definition) is 1. The summed E-state index contributed by atoms with van der Waals surface area (Å²) < 4.78 is 0. The van der Waals surface area contributed by atoms with E-state index in [1.807, 2.05) is 30.3 Å². The van der Waals surface area contributed by atoms with Crippen molar-refractivity contribution in [1.82, 2.24) is 0 Å². The Balaban J connectivity index is 3.11. The molecular formula is C17H20O. The maximum atomic E-state index is 11.2. The van der Waals surface area contributed by atoms with Crippen molar-refractivity contribution in [2.75, 3.05) is 0 Å². The van der Waals surface area contributed by atoms with E-state index in [-0.39, 0.29) is 5.78 Å². The lowest BCUT2D eigenvalue weighted by Gasteiger charge is -2.07. The molecule has 0 heterocycles. The summed E-state index contributed by atoms with van der Waals surface area (Å²) in [5, 5.41) is 0. The van der Waals surface area contributed by atoms with E-state index < -0.39 is 0 Å². The Bertz CT molecular complexity index is 487. The van der Waals surface area contributed by atoms with Gasteiger partial charge in [0.25, 0.3) is 0 Å². The molecule has 0 saturated carbocycles. The first kappa shape index (κ1) is 14.2.